The van der Waals surface area contributed by atoms with E-state index in [4.69, 9.17) is 11.6 Å². The number of aryl methyl sites for hydroxylation is 1. The number of halogens is 2. The van der Waals surface area contributed by atoms with Crippen molar-refractivity contribution in [3.8, 4) is 0 Å². The molecule has 0 atom stereocenters. The summed E-state index contributed by atoms with van der Waals surface area (Å²) in [6.45, 7) is 2.35. The molecule has 0 bridgehead atoms. The van der Waals surface area contributed by atoms with Gasteiger partial charge in [0.15, 0.2) is 0 Å². The van der Waals surface area contributed by atoms with Gasteiger partial charge in [-0.2, -0.15) is 0 Å². The summed E-state index contributed by atoms with van der Waals surface area (Å²) in [6, 6.07) is 17.9. The van der Waals surface area contributed by atoms with E-state index in [0.29, 0.717) is 34.8 Å². The Balaban J connectivity index is 1.32. The molecule has 8 nitrogen and oxygen atoms in total. The fraction of sp³-hybridized carbons (Fsp3) is 0.269. The molecule has 1 aliphatic rings. The number of benzene rings is 3. The zero-order valence-corrected chi connectivity index (χ0v) is 24.5. The van der Waals surface area contributed by atoms with Gasteiger partial charge in [-0.25, -0.2) is 21.1 Å². The molecule has 12 heteroatoms. The number of anilines is 2. The summed E-state index contributed by atoms with van der Waals surface area (Å²) in [5, 5.41) is 3.26. The van der Waals surface area contributed by atoms with Crippen molar-refractivity contribution in [1.29, 1.82) is 0 Å². The minimum Gasteiger partial charge on any atom is -0.326 e. The molecule has 202 valence electrons. The number of nitrogens with one attached hydrogen (secondary N) is 2. The average Bonchev–Trinajstić information content (AvgIpc) is 2.86. The van der Waals surface area contributed by atoms with Crippen LogP contribution in [0.25, 0.3) is 0 Å². The highest BCUT2D eigenvalue weighted by Gasteiger charge is 2.31. The molecule has 3 aromatic rings. The van der Waals surface area contributed by atoms with Gasteiger partial charge in [-0.3, -0.25) is 9.52 Å². The van der Waals surface area contributed by atoms with Gasteiger partial charge in [0.1, 0.15) is 0 Å². The molecule has 0 spiro atoms. The number of hydrogen-bond acceptors (Lipinski definition) is 5. The van der Waals surface area contributed by atoms with Gasteiger partial charge in [-0.1, -0.05) is 45.7 Å². The number of carbonyl (C=O) groups is 1. The van der Waals surface area contributed by atoms with E-state index in [9.17, 15) is 21.6 Å². The summed E-state index contributed by atoms with van der Waals surface area (Å²) in [6.07, 6.45) is 0.804. The first kappa shape index (κ1) is 28.6. The van der Waals surface area contributed by atoms with E-state index in [1.807, 2.05) is 13.0 Å². The van der Waals surface area contributed by atoms with Crippen LogP contribution in [-0.4, -0.2) is 40.1 Å². The van der Waals surface area contributed by atoms with Crippen molar-refractivity contribution in [2.75, 3.05) is 23.1 Å². The molecule has 38 heavy (non-hydrogen) atoms. The molecule has 0 saturated carbocycles. The van der Waals surface area contributed by atoms with E-state index >= 15 is 0 Å². The van der Waals surface area contributed by atoms with E-state index in [0.717, 1.165) is 10.0 Å². The lowest BCUT2D eigenvalue weighted by atomic mass is 9.97. The van der Waals surface area contributed by atoms with Crippen LogP contribution in [0.5, 0.6) is 0 Å². The summed E-state index contributed by atoms with van der Waals surface area (Å²) < 4.78 is 55.9. The topological polar surface area (TPSA) is 113 Å². The number of nitrogens with zero attached hydrogens (tertiary/aromatic N) is 1. The van der Waals surface area contributed by atoms with Crippen molar-refractivity contribution in [3.63, 3.8) is 0 Å². The van der Waals surface area contributed by atoms with Crippen LogP contribution in [0, 0.1) is 12.8 Å². The summed E-state index contributed by atoms with van der Waals surface area (Å²) in [5.41, 5.74) is 2.34. The van der Waals surface area contributed by atoms with Gasteiger partial charge in [0.25, 0.3) is 10.0 Å². The van der Waals surface area contributed by atoms with E-state index in [-0.39, 0.29) is 35.6 Å². The summed E-state index contributed by atoms with van der Waals surface area (Å²) >= 11 is 9.44. The maximum atomic E-state index is 12.8. The van der Waals surface area contributed by atoms with Gasteiger partial charge in [-0.15, -0.1) is 0 Å². The molecule has 0 aromatic heterocycles. The summed E-state index contributed by atoms with van der Waals surface area (Å²) in [7, 11) is -7.34. The van der Waals surface area contributed by atoms with Crippen LogP contribution in [-0.2, 0) is 30.6 Å². The minimum atomic E-state index is -3.84. The van der Waals surface area contributed by atoms with Gasteiger partial charge in [0.05, 0.1) is 16.3 Å². The number of piperidine rings is 1. The first-order chi connectivity index (χ1) is 17.9. The van der Waals surface area contributed by atoms with Gasteiger partial charge in [0, 0.05) is 34.2 Å². The molecule has 1 fully saturated rings. The molecule has 1 aliphatic heterocycles. The molecule has 2 N–H and O–H groups in total. The number of carbonyl (C=O) groups excluding carboxylic acids is 1. The Bertz CT molecular complexity index is 1540. The Morgan fingerprint density at radius 1 is 0.974 bits per heavy atom. The maximum Gasteiger partial charge on any atom is 0.261 e. The predicted molar refractivity (Wildman–Crippen MR) is 153 cm³/mol. The van der Waals surface area contributed by atoms with Crippen LogP contribution in [0.2, 0.25) is 5.02 Å². The van der Waals surface area contributed by atoms with E-state index in [2.05, 4.69) is 26.0 Å². The van der Waals surface area contributed by atoms with Crippen molar-refractivity contribution in [3.05, 3.63) is 87.4 Å². The van der Waals surface area contributed by atoms with E-state index in [1.165, 1.54) is 28.6 Å². The average molecular weight is 641 g/mol. The van der Waals surface area contributed by atoms with Crippen molar-refractivity contribution in [2.45, 2.75) is 30.4 Å². The second kappa shape index (κ2) is 11.7. The molecular weight excluding hydrogens is 614 g/mol. The quantitative estimate of drug-likeness (QED) is 0.343. The van der Waals surface area contributed by atoms with E-state index in [1.54, 1.807) is 36.4 Å². The Labute approximate surface area is 236 Å². The third-order valence-electron chi connectivity index (χ3n) is 6.31. The predicted octanol–water partition coefficient (Wildman–Crippen LogP) is 5.39. The molecule has 1 heterocycles. The standard InChI is InChI=1S/C26H27BrClN3O5S2/c1-18-5-6-23(16-25(18)28)30-38(35,36)24-9-7-22(8-10-24)29-26(32)20-11-13-31(14-12-20)37(33,34)17-19-3-2-4-21(27)15-19/h2-10,15-16,20,30H,11-14,17H2,1H3,(H,29,32). The SMILES string of the molecule is Cc1ccc(NS(=O)(=O)c2ccc(NC(=O)C3CCN(S(=O)(=O)Cc4cccc(Br)c4)CC3)cc2)cc1Cl. The molecule has 3 aromatic carbocycles. The van der Waals surface area contributed by atoms with Gasteiger partial charge in [0.2, 0.25) is 15.9 Å². The smallest absolute Gasteiger partial charge is 0.261 e. The summed E-state index contributed by atoms with van der Waals surface area (Å²) in [4.78, 5) is 12.8. The van der Waals surface area contributed by atoms with Crippen molar-refractivity contribution in [1.82, 2.24) is 4.31 Å². The Morgan fingerprint density at radius 2 is 1.63 bits per heavy atom. The minimum absolute atomic E-state index is 0.0381. The van der Waals surface area contributed by atoms with Crippen molar-refractivity contribution >= 4 is 64.9 Å². The molecule has 1 amide bonds. The van der Waals surface area contributed by atoms with Gasteiger partial charge < -0.3 is 5.32 Å². The Morgan fingerprint density at radius 3 is 2.26 bits per heavy atom. The monoisotopic (exact) mass is 639 g/mol. The van der Waals surface area contributed by atoms with Crippen LogP contribution in [0.15, 0.2) is 76.1 Å². The largest absolute Gasteiger partial charge is 0.326 e. The van der Waals surface area contributed by atoms with Crippen LogP contribution >= 0.6 is 27.5 Å². The molecule has 4 rings (SSSR count). The first-order valence-corrected chi connectivity index (χ1v) is 16.1. The zero-order valence-electron chi connectivity index (χ0n) is 20.5. The molecule has 1 saturated heterocycles. The third kappa shape index (κ3) is 7.15. The Kier molecular flexibility index (Phi) is 8.83. The highest BCUT2D eigenvalue weighted by Crippen LogP contribution is 2.26. The van der Waals surface area contributed by atoms with Crippen LogP contribution < -0.4 is 10.0 Å². The van der Waals surface area contributed by atoms with Gasteiger partial charge >= 0.3 is 0 Å². The fourth-order valence-corrected chi connectivity index (χ4v) is 7.38. The second-order valence-electron chi connectivity index (χ2n) is 9.14. The van der Waals surface area contributed by atoms with Gasteiger partial charge in [-0.05, 0) is 79.4 Å². The van der Waals surface area contributed by atoms with E-state index < -0.39 is 20.0 Å². The maximum absolute atomic E-state index is 12.8. The first-order valence-electron chi connectivity index (χ1n) is 11.9. The molecule has 0 unspecified atom stereocenters. The highest BCUT2D eigenvalue weighted by atomic mass is 79.9. The normalized spacial score (nSPS) is 15.2. The zero-order chi connectivity index (χ0) is 27.5. The Hall–Kier alpha value is -2.44. The van der Waals surface area contributed by atoms with Crippen LogP contribution in [0.1, 0.15) is 24.0 Å². The third-order valence-corrected chi connectivity index (χ3v) is 10.5. The molecule has 0 aliphatic carbocycles. The number of hydrogen-bond donors (Lipinski definition) is 2. The van der Waals surface area contributed by atoms with Crippen molar-refractivity contribution in [2.24, 2.45) is 5.92 Å². The molecule has 0 radical (unpaired) electrons. The van der Waals surface area contributed by atoms with Crippen molar-refractivity contribution < 1.29 is 21.6 Å². The summed E-state index contributed by atoms with van der Waals surface area (Å²) in [5.74, 6) is -0.662. The lowest BCUT2D eigenvalue weighted by Gasteiger charge is -2.30. The molecular formula is C26H27BrClN3O5S2. The number of rotatable bonds is 8. The fourth-order valence-electron chi connectivity index (χ4n) is 4.16. The lowest BCUT2D eigenvalue weighted by molar-refractivity contribution is -0.120. The lowest BCUT2D eigenvalue weighted by Crippen LogP contribution is -2.41. The number of amides is 1. The second-order valence-corrected chi connectivity index (χ2v) is 14.1. The van der Waals surface area contributed by atoms with Crippen LogP contribution in [0.4, 0.5) is 11.4 Å². The highest BCUT2D eigenvalue weighted by molar-refractivity contribution is 9.10. The number of sulfonamides is 2. The van der Waals surface area contributed by atoms with Crippen LogP contribution in [0.3, 0.4) is 0 Å².